The molecule has 0 radical (unpaired) electrons. The summed E-state index contributed by atoms with van der Waals surface area (Å²) < 4.78 is 0. The van der Waals surface area contributed by atoms with E-state index in [2.05, 4.69) is 16.4 Å². The minimum absolute atomic E-state index is 0.0716. The van der Waals surface area contributed by atoms with Gasteiger partial charge in [-0.2, -0.15) is 0 Å². The van der Waals surface area contributed by atoms with E-state index in [9.17, 15) is 9.59 Å². The molecular weight excluding hydrogens is 288 g/mol. The molecule has 0 saturated heterocycles. The summed E-state index contributed by atoms with van der Waals surface area (Å²) in [4.78, 5) is 24.4. The molecule has 118 valence electrons. The van der Waals surface area contributed by atoms with Crippen LogP contribution in [0.1, 0.15) is 24.6 Å². The molecule has 3 rings (SSSR count). The van der Waals surface area contributed by atoms with Gasteiger partial charge in [0.2, 0.25) is 11.5 Å². The Kier molecular flexibility index (Phi) is 6.12. The van der Waals surface area contributed by atoms with Crippen LogP contribution >= 0.6 is 0 Å². The van der Waals surface area contributed by atoms with Crippen LogP contribution in [0.25, 0.3) is 6.08 Å². The van der Waals surface area contributed by atoms with Crippen LogP contribution in [-0.4, -0.2) is 10.9 Å². The third kappa shape index (κ3) is 5.43. The number of rotatable bonds is 2. The van der Waals surface area contributed by atoms with E-state index >= 15 is 0 Å². The molecule has 2 aromatic rings. The van der Waals surface area contributed by atoms with E-state index in [1.54, 1.807) is 6.07 Å². The molecule has 1 aliphatic heterocycles. The number of nitrogens with one attached hydrogen (secondary N) is 2. The summed E-state index contributed by atoms with van der Waals surface area (Å²) in [5.74, 6) is 0.128. The molecule has 0 fully saturated rings. The van der Waals surface area contributed by atoms with Crippen LogP contribution in [-0.2, 0) is 11.2 Å². The van der Waals surface area contributed by atoms with Gasteiger partial charge in [0.1, 0.15) is 0 Å². The molecule has 23 heavy (non-hydrogen) atoms. The van der Waals surface area contributed by atoms with Crippen molar-refractivity contribution in [1.82, 2.24) is 4.98 Å². The summed E-state index contributed by atoms with van der Waals surface area (Å²) >= 11 is 0. The summed E-state index contributed by atoms with van der Waals surface area (Å²) in [6.45, 7) is 1.94. The molecular formula is C19H20N2O2. The van der Waals surface area contributed by atoms with Gasteiger partial charge in [0.05, 0.1) is 0 Å². The van der Waals surface area contributed by atoms with Gasteiger partial charge in [-0.1, -0.05) is 42.5 Å². The van der Waals surface area contributed by atoms with Crippen LogP contribution in [0.4, 0.5) is 5.69 Å². The fourth-order valence-electron chi connectivity index (χ4n) is 2.15. The van der Waals surface area contributed by atoms with Crippen molar-refractivity contribution in [2.24, 2.45) is 0 Å². The topological polar surface area (TPSA) is 62.0 Å². The number of carbonyl (C=O) groups is 1. The number of aryl methyl sites for hydroxylation is 1. The molecule has 2 N–H and O–H groups in total. The first-order valence-corrected chi connectivity index (χ1v) is 7.55. The number of aromatic amines is 1. The maximum Gasteiger partial charge on any atom is 0.248 e. The molecule has 2 heterocycles. The number of H-pyrrole nitrogens is 1. The summed E-state index contributed by atoms with van der Waals surface area (Å²) in [6, 6.07) is 13.0. The van der Waals surface area contributed by atoms with E-state index in [4.69, 9.17) is 0 Å². The van der Waals surface area contributed by atoms with Gasteiger partial charge in [0, 0.05) is 23.9 Å². The fourth-order valence-corrected chi connectivity index (χ4v) is 2.15. The first-order chi connectivity index (χ1) is 11.2. The van der Waals surface area contributed by atoms with Crippen LogP contribution in [0.2, 0.25) is 0 Å². The fraction of sp³-hybridized carbons (Fsp3) is 0.158. The zero-order chi connectivity index (χ0) is 16.5. The Balaban J connectivity index is 0.000000167. The van der Waals surface area contributed by atoms with Crippen molar-refractivity contribution in [3.05, 3.63) is 82.3 Å². The second-order valence-electron chi connectivity index (χ2n) is 5.06. The quantitative estimate of drug-likeness (QED) is 0.834. The van der Waals surface area contributed by atoms with E-state index in [0.29, 0.717) is 6.42 Å². The van der Waals surface area contributed by atoms with Crippen molar-refractivity contribution < 1.29 is 4.79 Å². The Bertz CT molecular complexity index is 773. The number of amides is 1. The highest BCUT2D eigenvalue weighted by atomic mass is 16.1. The van der Waals surface area contributed by atoms with Crippen molar-refractivity contribution in [3.63, 3.8) is 0 Å². The summed E-state index contributed by atoms with van der Waals surface area (Å²) in [5.41, 5.74) is 2.97. The third-order valence-electron chi connectivity index (χ3n) is 3.28. The Morgan fingerprint density at radius 2 is 1.78 bits per heavy atom. The van der Waals surface area contributed by atoms with Crippen molar-refractivity contribution in [3.8, 4) is 0 Å². The third-order valence-corrected chi connectivity index (χ3v) is 3.28. The lowest BCUT2D eigenvalue weighted by Gasteiger charge is -2.15. The van der Waals surface area contributed by atoms with Gasteiger partial charge in [0.25, 0.3) is 0 Å². The molecule has 0 atom stereocenters. The molecule has 0 saturated carbocycles. The number of pyridine rings is 1. The van der Waals surface area contributed by atoms with Gasteiger partial charge < -0.3 is 10.3 Å². The first kappa shape index (κ1) is 16.5. The Morgan fingerprint density at radius 1 is 0.957 bits per heavy atom. The van der Waals surface area contributed by atoms with Crippen LogP contribution < -0.4 is 10.9 Å². The summed E-state index contributed by atoms with van der Waals surface area (Å²) in [7, 11) is 0. The zero-order valence-electron chi connectivity index (χ0n) is 13.1. The average molecular weight is 308 g/mol. The number of hydrogen-bond donors (Lipinski definition) is 2. The standard InChI is InChI=1S/C10H11NO.C9H9NO/c1-2-3-4-6-9-7-5-8-10(12)11-9;11-9-6-5-7-3-1-2-4-8(7)10-9/h2-8H,1H3,(H,11,12);1-4H,5-6H2,(H,10,11)/b3-2-,6-4-;. The molecule has 1 aliphatic rings. The average Bonchev–Trinajstić information content (AvgIpc) is 2.56. The molecule has 1 aromatic heterocycles. The van der Waals surface area contributed by atoms with Crippen LogP contribution in [0, 0.1) is 0 Å². The lowest BCUT2D eigenvalue weighted by molar-refractivity contribution is -0.116. The number of allylic oxidation sites excluding steroid dienone is 3. The van der Waals surface area contributed by atoms with E-state index in [1.807, 2.05) is 55.5 Å². The maximum absolute atomic E-state index is 10.9. The van der Waals surface area contributed by atoms with E-state index < -0.39 is 0 Å². The minimum atomic E-state index is -0.0716. The number of aromatic nitrogens is 1. The lowest BCUT2D eigenvalue weighted by Crippen LogP contribution is -2.18. The number of fused-ring (bicyclic) bond motifs is 1. The monoisotopic (exact) mass is 308 g/mol. The van der Waals surface area contributed by atoms with Gasteiger partial charge in [-0.05, 0) is 37.1 Å². The number of para-hydroxylation sites is 1. The lowest BCUT2D eigenvalue weighted by atomic mass is 10.0. The normalized spacial score (nSPS) is 13.3. The molecule has 0 unspecified atom stereocenters. The van der Waals surface area contributed by atoms with Crippen molar-refractivity contribution in [1.29, 1.82) is 0 Å². The van der Waals surface area contributed by atoms with Crippen molar-refractivity contribution in [2.75, 3.05) is 5.32 Å². The van der Waals surface area contributed by atoms with Crippen LogP contribution in [0.5, 0.6) is 0 Å². The molecule has 4 heteroatoms. The minimum Gasteiger partial charge on any atom is -0.326 e. The molecule has 4 nitrogen and oxygen atoms in total. The predicted octanol–water partition coefficient (Wildman–Crippen LogP) is 3.54. The SMILES string of the molecule is C/C=C\C=C/c1cccc(=O)[nH]1.O=C1CCc2ccccc2N1. The van der Waals surface area contributed by atoms with Gasteiger partial charge in [0.15, 0.2) is 0 Å². The van der Waals surface area contributed by atoms with Gasteiger partial charge in [-0.25, -0.2) is 0 Å². The van der Waals surface area contributed by atoms with Crippen molar-refractivity contribution >= 4 is 17.7 Å². The van der Waals surface area contributed by atoms with E-state index in [-0.39, 0.29) is 11.5 Å². The Labute approximate surface area is 135 Å². The molecule has 1 amide bonds. The number of carbonyl (C=O) groups excluding carboxylic acids is 1. The smallest absolute Gasteiger partial charge is 0.248 e. The predicted molar refractivity (Wildman–Crippen MR) is 94.3 cm³/mol. The zero-order valence-corrected chi connectivity index (χ0v) is 13.1. The summed E-state index contributed by atoms with van der Waals surface area (Å²) in [5, 5.41) is 2.82. The van der Waals surface area contributed by atoms with E-state index in [1.165, 1.54) is 11.6 Å². The van der Waals surface area contributed by atoms with E-state index in [0.717, 1.165) is 17.8 Å². The highest BCUT2D eigenvalue weighted by molar-refractivity contribution is 5.93. The first-order valence-electron chi connectivity index (χ1n) is 7.55. The number of hydrogen-bond acceptors (Lipinski definition) is 2. The Hall–Kier alpha value is -2.88. The largest absolute Gasteiger partial charge is 0.326 e. The molecule has 0 spiro atoms. The molecule has 1 aromatic carbocycles. The van der Waals surface area contributed by atoms with Crippen LogP contribution in [0.3, 0.4) is 0 Å². The summed E-state index contributed by atoms with van der Waals surface area (Å²) in [6.07, 6.45) is 9.06. The highest BCUT2D eigenvalue weighted by Gasteiger charge is 2.12. The molecule has 0 aliphatic carbocycles. The van der Waals surface area contributed by atoms with Crippen molar-refractivity contribution in [2.45, 2.75) is 19.8 Å². The number of benzene rings is 1. The molecule has 0 bridgehead atoms. The Morgan fingerprint density at radius 3 is 2.57 bits per heavy atom. The van der Waals surface area contributed by atoms with Crippen LogP contribution in [0.15, 0.2) is 65.5 Å². The number of anilines is 1. The second kappa shape index (κ2) is 8.54. The van der Waals surface area contributed by atoms with Gasteiger partial charge in [-0.15, -0.1) is 0 Å². The van der Waals surface area contributed by atoms with Gasteiger partial charge in [-0.3, -0.25) is 9.59 Å². The van der Waals surface area contributed by atoms with Gasteiger partial charge >= 0.3 is 0 Å². The maximum atomic E-state index is 10.9. The second-order valence-corrected chi connectivity index (χ2v) is 5.06. The highest BCUT2D eigenvalue weighted by Crippen LogP contribution is 2.20.